The molecule has 0 aliphatic carbocycles. The van der Waals surface area contributed by atoms with E-state index in [2.05, 4.69) is 39.8 Å². The Balaban J connectivity index is 2.94. The summed E-state index contributed by atoms with van der Waals surface area (Å²) in [5.41, 5.74) is 2.36. The van der Waals surface area contributed by atoms with Crippen LogP contribution < -0.4 is 4.74 Å². The molecule has 0 amide bonds. The van der Waals surface area contributed by atoms with Crippen LogP contribution in [-0.4, -0.2) is 18.3 Å². The minimum absolute atomic E-state index is 0.0920. The smallest absolute Gasteiger partial charge is 0.119 e. The van der Waals surface area contributed by atoms with E-state index in [9.17, 15) is 5.11 Å². The Morgan fingerprint density at radius 2 is 1.79 bits per heavy atom. The van der Waals surface area contributed by atoms with Gasteiger partial charge in [-0.2, -0.15) is 0 Å². The number of hydrogen-bond donors (Lipinski definition) is 1. The van der Waals surface area contributed by atoms with Gasteiger partial charge in [0.25, 0.3) is 0 Å². The quantitative estimate of drug-likeness (QED) is 0.809. The van der Waals surface area contributed by atoms with Crippen molar-refractivity contribution in [2.75, 3.05) is 13.2 Å². The molecule has 0 heterocycles. The molecule has 0 aliphatic heterocycles. The number of aliphatic hydroxyl groups excluding tert-OH is 1. The molecule has 0 atom stereocenters. The van der Waals surface area contributed by atoms with Gasteiger partial charge in [0, 0.05) is 5.92 Å². The summed E-state index contributed by atoms with van der Waals surface area (Å²) in [6, 6.07) is 6.31. The monoisotopic (exact) mass is 263 g/mol. The zero-order valence-electron chi connectivity index (χ0n) is 12.9. The van der Waals surface area contributed by atoms with Gasteiger partial charge in [0.1, 0.15) is 5.75 Å². The maximum absolute atomic E-state index is 9.29. The topological polar surface area (TPSA) is 29.5 Å². The molecule has 19 heavy (non-hydrogen) atoms. The molecule has 0 fully saturated rings. The van der Waals surface area contributed by atoms with Gasteiger partial charge in [-0.3, -0.25) is 0 Å². The van der Waals surface area contributed by atoms with Crippen LogP contribution >= 0.6 is 0 Å². The van der Waals surface area contributed by atoms with Gasteiger partial charge in [-0.05, 0) is 41.5 Å². The van der Waals surface area contributed by atoms with Crippen molar-refractivity contribution in [1.29, 1.82) is 0 Å². The van der Waals surface area contributed by atoms with E-state index in [1.807, 2.05) is 13.0 Å². The lowest BCUT2D eigenvalue weighted by molar-refractivity contribution is 0.270. The number of hydrogen-bond acceptors (Lipinski definition) is 2. The molecule has 107 valence electrons. The molecule has 1 aromatic rings. The lowest BCUT2D eigenvalue weighted by atomic mass is 9.95. The maximum Gasteiger partial charge on any atom is 0.119 e. The standard InChI is InChI=1S/C17H27O2/c1-12(2)6-15-7-16(14(5)10-18)9-17(8-15)19-11-13(3)4/h7-9,12-13,18H,6,10-11H2,1-5H3. The van der Waals surface area contributed by atoms with Crippen molar-refractivity contribution in [2.24, 2.45) is 11.8 Å². The molecule has 1 rings (SSSR count). The fourth-order valence-electron chi connectivity index (χ4n) is 1.93. The second kappa shape index (κ2) is 7.54. The van der Waals surface area contributed by atoms with Crippen LogP contribution in [0.3, 0.4) is 0 Å². The molecule has 2 nitrogen and oxygen atoms in total. The van der Waals surface area contributed by atoms with Gasteiger partial charge in [0.05, 0.1) is 13.2 Å². The molecule has 0 bridgehead atoms. The summed E-state index contributed by atoms with van der Waals surface area (Å²) in [6.45, 7) is 11.5. The van der Waals surface area contributed by atoms with Crippen LogP contribution in [-0.2, 0) is 6.42 Å². The van der Waals surface area contributed by atoms with Crippen LogP contribution in [0.15, 0.2) is 18.2 Å². The first kappa shape index (κ1) is 16.0. The van der Waals surface area contributed by atoms with Crippen molar-refractivity contribution in [3.8, 4) is 5.75 Å². The average Bonchev–Trinajstić information content (AvgIpc) is 2.34. The van der Waals surface area contributed by atoms with Gasteiger partial charge in [-0.25, -0.2) is 0 Å². The Labute approximate surface area is 117 Å². The van der Waals surface area contributed by atoms with Gasteiger partial charge in [0.2, 0.25) is 0 Å². The van der Waals surface area contributed by atoms with Crippen molar-refractivity contribution >= 4 is 0 Å². The predicted molar refractivity (Wildman–Crippen MR) is 80.4 cm³/mol. The van der Waals surface area contributed by atoms with E-state index in [-0.39, 0.29) is 6.61 Å². The van der Waals surface area contributed by atoms with Crippen LogP contribution in [0.2, 0.25) is 0 Å². The Bertz CT molecular complexity index is 383. The van der Waals surface area contributed by atoms with E-state index in [1.165, 1.54) is 5.56 Å². The largest absolute Gasteiger partial charge is 0.493 e. The lowest BCUT2D eigenvalue weighted by Gasteiger charge is -2.16. The fourth-order valence-corrected chi connectivity index (χ4v) is 1.93. The molecule has 1 radical (unpaired) electrons. The third-order valence-electron chi connectivity index (χ3n) is 2.92. The highest BCUT2D eigenvalue weighted by atomic mass is 16.5. The molecule has 1 aromatic carbocycles. The van der Waals surface area contributed by atoms with E-state index >= 15 is 0 Å². The normalized spacial score (nSPS) is 11.6. The van der Waals surface area contributed by atoms with Crippen LogP contribution in [0.25, 0.3) is 0 Å². The summed E-state index contributed by atoms with van der Waals surface area (Å²) in [4.78, 5) is 0. The maximum atomic E-state index is 9.29. The summed E-state index contributed by atoms with van der Waals surface area (Å²) < 4.78 is 5.83. The van der Waals surface area contributed by atoms with Crippen LogP contribution in [0.4, 0.5) is 0 Å². The van der Waals surface area contributed by atoms with E-state index in [1.54, 1.807) is 0 Å². The second-order valence-corrected chi connectivity index (χ2v) is 6.11. The first-order valence-corrected chi connectivity index (χ1v) is 7.12. The average molecular weight is 263 g/mol. The van der Waals surface area contributed by atoms with Crippen molar-refractivity contribution in [3.63, 3.8) is 0 Å². The van der Waals surface area contributed by atoms with Crippen molar-refractivity contribution in [3.05, 3.63) is 35.2 Å². The van der Waals surface area contributed by atoms with Crippen LogP contribution in [0, 0.1) is 17.8 Å². The van der Waals surface area contributed by atoms with E-state index in [4.69, 9.17) is 4.74 Å². The fraction of sp³-hybridized carbons (Fsp3) is 0.588. The molecule has 0 saturated heterocycles. The zero-order chi connectivity index (χ0) is 14.4. The number of benzene rings is 1. The third kappa shape index (κ3) is 5.65. The molecule has 0 spiro atoms. The second-order valence-electron chi connectivity index (χ2n) is 6.11. The summed E-state index contributed by atoms with van der Waals surface area (Å²) in [5.74, 6) is 3.03. The van der Waals surface area contributed by atoms with E-state index in [0.717, 1.165) is 30.3 Å². The highest BCUT2D eigenvalue weighted by Crippen LogP contribution is 2.24. The molecular formula is C17H27O2. The minimum Gasteiger partial charge on any atom is -0.493 e. The third-order valence-corrected chi connectivity index (χ3v) is 2.92. The summed E-state index contributed by atoms with van der Waals surface area (Å²) >= 11 is 0. The first-order chi connectivity index (χ1) is 8.92. The van der Waals surface area contributed by atoms with E-state index < -0.39 is 0 Å². The minimum atomic E-state index is 0.0920. The van der Waals surface area contributed by atoms with E-state index in [0.29, 0.717) is 11.8 Å². The number of aliphatic hydroxyl groups is 1. The van der Waals surface area contributed by atoms with Gasteiger partial charge in [-0.1, -0.05) is 40.7 Å². The molecular weight excluding hydrogens is 236 g/mol. The Hall–Kier alpha value is -1.02. The van der Waals surface area contributed by atoms with Gasteiger partial charge >= 0.3 is 0 Å². The van der Waals surface area contributed by atoms with Crippen molar-refractivity contribution in [2.45, 2.75) is 41.0 Å². The lowest BCUT2D eigenvalue weighted by Crippen LogP contribution is -2.07. The Morgan fingerprint density at radius 1 is 1.11 bits per heavy atom. The number of ether oxygens (including phenoxy) is 1. The predicted octanol–water partition coefficient (Wildman–Crippen LogP) is 3.85. The van der Waals surface area contributed by atoms with Gasteiger partial charge < -0.3 is 9.84 Å². The molecule has 0 unspecified atom stereocenters. The number of rotatable bonds is 7. The zero-order valence-corrected chi connectivity index (χ0v) is 12.9. The summed E-state index contributed by atoms with van der Waals surface area (Å²) in [7, 11) is 0. The van der Waals surface area contributed by atoms with Crippen molar-refractivity contribution < 1.29 is 9.84 Å². The van der Waals surface area contributed by atoms with Crippen LogP contribution in [0.1, 0.15) is 45.7 Å². The van der Waals surface area contributed by atoms with Crippen molar-refractivity contribution in [1.82, 2.24) is 0 Å². The molecule has 0 aromatic heterocycles. The SMILES string of the molecule is C[C](CO)c1cc(CC(C)C)cc(OCC(C)C)c1. The first-order valence-electron chi connectivity index (χ1n) is 7.12. The Kier molecular flexibility index (Phi) is 6.36. The van der Waals surface area contributed by atoms with Crippen LogP contribution in [0.5, 0.6) is 5.75 Å². The molecule has 1 N–H and O–H groups in total. The summed E-state index contributed by atoms with van der Waals surface area (Å²) in [6.07, 6.45) is 1.03. The highest BCUT2D eigenvalue weighted by Gasteiger charge is 2.10. The van der Waals surface area contributed by atoms with Gasteiger partial charge in [0.15, 0.2) is 0 Å². The molecule has 2 heteroatoms. The molecule has 0 aliphatic rings. The Morgan fingerprint density at radius 3 is 2.32 bits per heavy atom. The van der Waals surface area contributed by atoms with Gasteiger partial charge in [-0.15, -0.1) is 0 Å². The summed E-state index contributed by atoms with van der Waals surface area (Å²) in [5, 5.41) is 9.29. The highest BCUT2D eigenvalue weighted by molar-refractivity contribution is 5.41. The molecule has 0 saturated carbocycles.